The van der Waals surface area contributed by atoms with Crippen LogP contribution < -0.4 is 0 Å². The molecule has 0 N–H and O–H groups in total. The molecule has 1 aliphatic rings. The molecular formula is C13H15CoS2-. The third-order valence-electron chi connectivity index (χ3n) is 1.82. The molecule has 0 saturated carbocycles. The molecule has 1 aliphatic carbocycles. The van der Waals surface area contributed by atoms with Gasteiger partial charge in [-0.2, -0.15) is 18.2 Å². The summed E-state index contributed by atoms with van der Waals surface area (Å²) in [6.07, 6.45) is 12.6. The van der Waals surface area contributed by atoms with Crippen LogP contribution in [0.2, 0.25) is 0 Å². The molecule has 0 spiro atoms. The Bertz CT molecular complexity index is 311. The van der Waals surface area contributed by atoms with Crippen LogP contribution in [0.25, 0.3) is 0 Å². The first-order valence-electron chi connectivity index (χ1n) is 4.72. The van der Waals surface area contributed by atoms with Gasteiger partial charge in [0.25, 0.3) is 0 Å². The van der Waals surface area contributed by atoms with E-state index in [1.54, 1.807) is 0 Å². The van der Waals surface area contributed by atoms with Gasteiger partial charge in [-0.05, 0) is 18.1 Å². The van der Waals surface area contributed by atoms with E-state index in [0.29, 0.717) is 0 Å². The monoisotopic (exact) mass is 294 g/mol. The Hall–Kier alpha value is -0.224. The fraction of sp³-hybridized carbons (Fsp3) is 0.154. The number of thioether (sulfide) groups is 2. The van der Waals surface area contributed by atoms with E-state index in [-0.39, 0.29) is 16.8 Å². The molecule has 16 heavy (non-hydrogen) atoms. The number of hydrogen-bond acceptors (Lipinski definition) is 2. The Morgan fingerprint density at radius 1 is 1.00 bits per heavy atom. The Kier molecular flexibility index (Phi) is 9.83. The molecule has 1 aromatic rings. The van der Waals surface area contributed by atoms with E-state index in [4.69, 9.17) is 0 Å². The van der Waals surface area contributed by atoms with Crippen molar-refractivity contribution < 1.29 is 16.8 Å². The summed E-state index contributed by atoms with van der Waals surface area (Å²) < 4.78 is 1.39. The molecule has 3 heteroatoms. The van der Waals surface area contributed by atoms with E-state index in [1.165, 1.54) is 9.81 Å². The molecule has 1 radical (unpaired) electrons. The van der Waals surface area contributed by atoms with Crippen LogP contribution in [0.4, 0.5) is 0 Å². The van der Waals surface area contributed by atoms with Crippen molar-refractivity contribution in [2.75, 3.05) is 12.5 Å². The molecule has 0 unspecified atom stereocenters. The minimum atomic E-state index is 0. The van der Waals surface area contributed by atoms with Gasteiger partial charge in [-0.15, -0.1) is 23.5 Å². The third-order valence-corrected chi connectivity index (χ3v) is 4.04. The smallest absolute Gasteiger partial charge is 0.0468 e. The van der Waals surface area contributed by atoms with Crippen LogP contribution in [0.15, 0.2) is 64.4 Å². The molecule has 0 aromatic heterocycles. The third kappa shape index (κ3) is 5.75. The summed E-state index contributed by atoms with van der Waals surface area (Å²) in [7, 11) is 0. The van der Waals surface area contributed by atoms with E-state index in [1.807, 2.05) is 53.9 Å². The summed E-state index contributed by atoms with van der Waals surface area (Å²) in [5, 5.41) is 0. The van der Waals surface area contributed by atoms with Crippen molar-refractivity contribution in [1.29, 1.82) is 0 Å². The van der Waals surface area contributed by atoms with Crippen molar-refractivity contribution in [3.8, 4) is 0 Å². The molecule has 0 atom stereocenters. The van der Waals surface area contributed by atoms with Gasteiger partial charge in [-0.1, -0.05) is 24.3 Å². The van der Waals surface area contributed by atoms with Crippen molar-refractivity contribution >= 4 is 23.5 Å². The fourth-order valence-corrected chi connectivity index (χ4v) is 2.56. The first-order valence-corrected chi connectivity index (χ1v) is 7.17. The molecule has 0 fully saturated rings. The summed E-state index contributed by atoms with van der Waals surface area (Å²) in [6, 6.07) is 10.0. The van der Waals surface area contributed by atoms with Gasteiger partial charge in [-0.3, -0.25) is 0 Å². The van der Waals surface area contributed by atoms with Crippen molar-refractivity contribution in [2.24, 2.45) is 0 Å². The summed E-state index contributed by atoms with van der Waals surface area (Å²) in [4.78, 5) is 0. The van der Waals surface area contributed by atoms with E-state index in [0.717, 1.165) is 0 Å². The molecule has 2 rings (SSSR count). The Morgan fingerprint density at radius 2 is 1.50 bits per heavy atom. The van der Waals surface area contributed by atoms with Gasteiger partial charge in [0.1, 0.15) is 0 Å². The number of rotatable bonds is 2. The van der Waals surface area contributed by atoms with Gasteiger partial charge in [-0.25, -0.2) is 12.1 Å². The maximum Gasteiger partial charge on any atom is 0.0468 e. The standard InChI is InChI=1S/C8H10S2.C5H5.Co/c1-9-8(10-2)7-5-3-4-6-7;1-2-4-5-3-1;/h3-6H,1-2H3;1-5H;/q;-1;. The van der Waals surface area contributed by atoms with E-state index >= 15 is 0 Å². The second kappa shape index (κ2) is 9.96. The van der Waals surface area contributed by atoms with Crippen LogP contribution in [-0.2, 0) is 16.8 Å². The molecule has 0 nitrogen and oxygen atoms in total. The van der Waals surface area contributed by atoms with E-state index in [9.17, 15) is 0 Å². The van der Waals surface area contributed by atoms with Crippen molar-refractivity contribution in [2.45, 2.75) is 0 Å². The minimum absolute atomic E-state index is 0. The molecule has 0 saturated heterocycles. The molecule has 1 aromatic carbocycles. The Morgan fingerprint density at radius 3 is 1.81 bits per heavy atom. The fourth-order valence-electron chi connectivity index (χ4n) is 1.15. The largest absolute Gasteiger partial charge is 0.214 e. The zero-order valence-corrected chi connectivity index (χ0v) is 12.0. The zero-order valence-electron chi connectivity index (χ0n) is 9.35. The average Bonchev–Trinajstić information content (AvgIpc) is 2.96. The normalized spacial score (nSPS) is 11.8. The van der Waals surface area contributed by atoms with Gasteiger partial charge in [0.2, 0.25) is 0 Å². The van der Waals surface area contributed by atoms with Crippen molar-refractivity contribution in [3.05, 3.63) is 64.4 Å². The van der Waals surface area contributed by atoms with Crippen molar-refractivity contribution in [1.82, 2.24) is 0 Å². The second-order valence-corrected chi connectivity index (χ2v) is 4.72. The Labute approximate surface area is 117 Å². The number of allylic oxidation sites excluding steroid dienone is 5. The van der Waals surface area contributed by atoms with Crippen molar-refractivity contribution in [3.63, 3.8) is 0 Å². The van der Waals surface area contributed by atoms with Crippen LogP contribution in [-0.4, -0.2) is 12.5 Å². The van der Waals surface area contributed by atoms with Gasteiger partial charge in [0, 0.05) is 21.0 Å². The molecular weight excluding hydrogens is 279 g/mol. The zero-order chi connectivity index (χ0) is 10.9. The topological polar surface area (TPSA) is 0 Å². The van der Waals surface area contributed by atoms with Crippen LogP contribution in [0.3, 0.4) is 0 Å². The number of hydrogen-bond donors (Lipinski definition) is 0. The van der Waals surface area contributed by atoms with Gasteiger partial charge in [0.05, 0.1) is 0 Å². The van der Waals surface area contributed by atoms with Gasteiger partial charge in [0.15, 0.2) is 0 Å². The predicted octanol–water partition coefficient (Wildman–Crippen LogP) is 4.45. The second-order valence-electron chi connectivity index (χ2n) is 2.83. The summed E-state index contributed by atoms with van der Waals surface area (Å²) in [5.41, 5.74) is 1.35. The summed E-state index contributed by atoms with van der Waals surface area (Å²) in [6.45, 7) is 0. The molecule has 0 amide bonds. The quantitative estimate of drug-likeness (QED) is 0.739. The van der Waals surface area contributed by atoms with Gasteiger partial charge < -0.3 is 0 Å². The van der Waals surface area contributed by atoms with Crippen LogP contribution >= 0.6 is 23.5 Å². The Balaban J connectivity index is 0.000000318. The van der Waals surface area contributed by atoms with Gasteiger partial charge >= 0.3 is 0 Å². The summed E-state index contributed by atoms with van der Waals surface area (Å²) in [5.74, 6) is 0. The van der Waals surface area contributed by atoms with E-state index < -0.39 is 0 Å². The summed E-state index contributed by atoms with van der Waals surface area (Å²) >= 11 is 3.61. The van der Waals surface area contributed by atoms with Crippen LogP contribution in [0, 0.1) is 0 Å². The average molecular weight is 294 g/mol. The van der Waals surface area contributed by atoms with E-state index in [2.05, 4.69) is 36.8 Å². The molecule has 0 aliphatic heterocycles. The first-order chi connectivity index (χ1) is 7.38. The molecule has 0 heterocycles. The van der Waals surface area contributed by atoms with Crippen LogP contribution in [0.5, 0.6) is 0 Å². The maximum atomic E-state index is 2.14. The predicted molar refractivity (Wildman–Crippen MR) is 74.4 cm³/mol. The minimum Gasteiger partial charge on any atom is -0.214 e. The molecule has 0 bridgehead atoms. The SMILES string of the molecule is CSC(SC)=C1C=CC=C1.[Co].c1cc[cH-]c1. The first kappa shape index (κ1) is 15.8. The van der Waals surface area contributed by atoms with Crippen LogP contribution in [0.1, 0.15) is 0 Å². The molecule has 89 valence electrons. The maximum absolute atomic E-state index is 2.14.